The molecule has 3 heterocycles. The molecule has 0 spiro atoms. The molecular formula is C20H22ClN7O. The molecule has 0 unspecified atom stereocenters. The maximum absolute atomic E-state index is 12.6. The molecule has 0 bridgehead atoms. The molecule has 1 fully saturated rings. The Balaban J connectivity index is 1.40. The molecule has 0 atom stereocenters. The van der Waals surface area contributed by atoms with Crippen LogP contribution in [0.5, 0.6) is 0 Å². The van der Waals surface area contributed by atoms with Crippen molar-refractivity contribution in [2.24, 2.45) is 0 Å². The third-order valence-electron chi connectivity index (χ3n) is 4.86. The van der Waals surface area contributed by atoms with Gasteiger partial charge in [-0.2, -0.15) is 5.10 Å². The van der Waals surface area contributed by atoms with Gasteiger partial charge in [0.1, 0.15) is 11.6 Å². The molecule has 29 heavy (non-hydrogen) atoms. The van der Waals surface area contributed by atoms with Gasteiger partial charge in [-0.05, 0) is 37.6 Å². The molecule has 1 aliphatic heterocycles. The van der Waals surface area contributed by atoms with Crippen LogP contribution in [0.3, 0.4) is 0 Å². The molecule has 1 aromatic carbocycles. The fourth-order valence-electron chi connectivity index (χ4n) is 3.23. The summed E-state index contributed by atoms with van der Waals surface area (Å²) in [5, 5.41) is 7.79. The van der Waals surface area contributed by atoms with Gasteiger partial charge in [0.15, 0.2) is 5.82 Å². The highest BCUT2D eigenvalue weighted by Gasteiger charge is 2.23. The average molecular weight is 412 g/mol. The lowest BCUT2D eigenvalue weighted by atomic mass is 10.2. The van der Waals surface area contributed by atoms with Gasteiger partial charge in [0.05, 0.1) is 0 Å². The molecule has 9 heteroatoms. The van der Waals surface area contributed by atoms with Gasteiger partial charge >= 0.3 is 6.03 Å². The van der Waals surface area contributed by atoms with Crippen molar-refractivity contribution in [2.45, 2.75) is 13.8 Å². The van der Waals surface area contributed by atoms with E-state index in [1.54, 1.807) is 21.8 Å². The van der Waals surface area contributed by atoms with E-state index in [4.69, 9.17) is 11.6 Å². The smallest absolute Gasteiger partial charge is 0.321 e. The number of carbonyl (C=O) groups excluding carboxylic acids is 1. The zero-order valence-electron chi connectivity index (χ0n) is 16.3. The quantitative estimate of drug-likeness (QED) is 0.715. The van der Waals surface area contributed by atoms with Crippen molar-refractivity contribution in [1.29, 1.82) is 0 Å². The van der Waals surface area contributed by atoms with E-state index in [0.29, 0.717) is 42.7 Å². The van der Waals surface area contributed by atoms with Crippen molar-refractivity contribution in [1.82, 2.24) is 24.6 Å². The molecule has 3 aromatic rings. The molecule has 1 saturated heterocycles. The minimum absolute atomic E-state index is 0.124. The Labute approximate surface area is 174 Å². The third-order valence-corrected chi connectivity index (χ3v) is 5.27. The number of urea groups is 1. The number of hydrogen-bond donors (Lipinski definition) is 1. The summed E-state index contributed by atoms with van der Waals surface area (Å²) in [7, 11) is 0. The second-order valence-electron chi connectivity index (χ2n) is 6.95. The van der Waals surface area contributed by atoms with Gasteiger partial charge in [0.2, 0.25) is 0 Å². The fourth-order valence-corrected chi connectivity index (χ4v) is 3.41. The Hall–Kier alpha value is -3.13. The number of aryl methyl sites for hydroxylation is 2. The first-order valence-electron chi connectivity index (χ1n) is 9.42. The summed E-state index contributed by atoms with van der Waals surface area (Å²) in [4.78, 5) is 25.6. The van der Waals surface area contributed by atoms with Crippen LogP contribution in [0.25, 0.3) is 5.82 Å². The lowest BCUT2D eigenvalue weighted by Gasteiger charge is -2.35. The summed E-state index contributed by atoms with van der Waals surface area (Å²) < 4.78 is 1.72. The maximum atomic E-state index is 12.6. The summed E-state index contributed by atoms with van der Waals surface area (Å²) in [5.74, 6) is 2.26. The first-order valence-corrected chi connectivity index (χ1v) is 9.80. The number of anilines is 2. The number of hydrogen-bond acceptors (Lipinski definition) is 5. The molecule has 0 aliphatic carbocycles. The van der Waals surface area contributed by atoms with Crippen LogP contribution in [0, 0.1) is 13.8 Å². The van der Waals surface area contributed by atoms with E-state index in [0.717, 1.165) is 17.2 Å². The lowest BCUT2D eigenvalue weighted by Crippen LogP contribution is -2.50. The van der Waals surface area contributed by atoms with Crippen LogP contribution >= 0.6 is 11.6 Å². The number of nitrogens with one attached hydrogen (secondary N) is 1. The second-order valence-corrected chi connectivity index (χ2v) is 7.36. The largest absolute Gasteiger partial charge is 0.353 e. The number of rotatable bonds is 3. The molecule has 1 N–H and O–H groups in total. The van der Waals surface area contributed by atoms with E-state index in [-0.39, 0.29) is 6.03 Å². The van der Waals surface area contributed by atoms with Crippen molar-refractivity contribution < 1.29 is 4.79 Å². The lowest BCUT2D eigenvalue weighted by molar-refractivity contribution is 0.208. The number of amides is 2. The molecule has 0 saturated carbocycles. The predicted molar refractivity (Wildman–Crippen MR) is 113 cm³/mol. The van der Waals surface area contributed by atoms with E-state index in [1.165, 1.54) is 0 Å². The molecule has 8 nitrogen and oxygen atoms in total. The van der Waals surface area contributed by atoms with Gasteiger partial charge in [-0.25, -0.2) is 19.4 Å². The molecule has 1 aliphatic rings. The second kappa shape index (κ2) is 8.08. The number of halogens is 1. The van der Waals surface area contributed by atoms with Crippen LogP contribution in [0.1, 0.15) is 11.4 Å². The molecule has 2 amide bonds. The Morgan fingerprint density at radius 1 is 1.07 bits per heavy atom. The van der Waals surface area contributed by atoms with Crippen molar-refractivity contribution in [3.8, 4) is 5.82 Å². The van der Waals surface area contributed by atoms with Crippen molar-refractivity contribution in [3.63, 3.8) is 0 Å². The normalized spacial score (nSPS) is 14.2. The summed E-state index contributed by atoms with van der Waals surface area (Å²) in [5.41, 5.74) is 1.68. The fraction of sp³-hybridized carbons (Fsp3) is 0.300. The summed E-state index contributed by atoms with van der Waals surface area (Å²) >= 11 is 6.14. The zero-order valence-corrected chi connectivity index (χ0v) is 17.1. The van der Waals surface area contributed by atoms with Crippen molar-refractivity contribution in [3.05, 3.63) is 59.1 Å². The third kappa shape index (κ3) is 4.32. The number of piperazine rings is 1. The average Bonchev–Trinajstić information content (AvgIpc) is 3.25. The minimum atomic E-state index is -0.124. The highest BCUT2D eigenvalue weighted by Crippen LogP contribution is 2.21. The first-order chi connectivity index (χ1) is 14.0. The molecule has 2 aromatic heterocycles. The standard InChI is InChI=1S/C20H22ClN7O/c1-14-4-5-16(12-17(14)21)25-20(29)27-10-8-26(9-11-27)18-13-19(24-15(2)23-18)28-7-3-6-22-28/h3-7,12-13H,8-11H2,1-2H3,(H,25,29). The van der Waals surface area contributed by atoms with Gasteiger partial charge in [-0.15, -0.1) is 0 Å². The van der Waals surface area contributed by atoms with Crippen LogP contribution in [-0.2, 0) is 0 Å². The number of benzene rings is 1. The van der Waals surface area contributed by atoms with Crippen LogP contribution in [0.2, 0.25) is 5.02 Å². The van der Waals surface area contributed by atoms with Crippen LogP contribution in [0.15, 0.2) is 42.7 Å². The zero-order chi connectivity index (χ0) is 20.4. The van der Waals surface area contributed by atoms with Gasteiger partial charge in [0.25, 0.3) is 0 Å². The van der Waals surface area contributed by atoms with E-state index in [2.05, 4.69) is 25.3 Å². The highest BCUT2D eigenvalue weighted by atomic mass is 35.5. The monoisotopic (exact) mass is 411 g/mol. The summed E-state index contributed by atoms with van der Waals surface area (Å²) in [6.07, 6.45) is 3.57. The Kier molecular flexibility index (Phi) is 5.35. The van der Waals surface area contributed by atoms with E-state index in [9.17, 15) is 4.79 Å². The summed E-state index contributed by atoms with van der Waals surface area (Å²) in [6, 6.07) is 9.17. The van der Waals surface area contributed by atoms with Gasteiger partial charge in [-0.1, -0.05) is 17.7 Å². The first kappa shape index (κ1) is 19.2. The molecule has 0 radical (unpaired) electrons. The van der Waals surface area contributed by atoms with Crippen LogP contribution in [-0.4, -0.2) is 56.9 Å². The van der Waals surface area contributed by atoms with E-state index in [1.807, 2.05) is 44.3 Å². The predicted octanol–water partition coefficient (Wildman–Crippen LogP) is 3.29. The van der Waals surface area contributed by atoms with Crippen LogP contribution in [0.4, 0.5) is 16.3 Å². The van der Waals surface area contributed by atoms with E-state index >= 15 is 0 Å². The minimum Gasteiger partial charge on any atom is -0.353 e. The molecular weight excluding hydrogens is 390 g/mol. The molecule has 4 rings (SSSR count). The van der Waals surface area contributed by atoms with Crippen molar-refractivity contribution in [2.75, 3.05) is 36.4 Å². The van der Waals surface area contributed by atoms with Crippen LogP contribution < -0.4 is 10.2 Å². The van der Waals surface area contributed by atoms with Gasteiger partial charge in [-0.3, -0.25) is 0 Å². The van der Waals surface area contributed by atoms with Gasteiger partial charge < -0.3 is 15.1 Å². The number of aromatic nitrogens is 4. The Morgan fingerprint density at radius 3 is 2.52 bits per heavy atom. The molecule has 150 valence electrons. The van der Waals surface area contributed by atoms with Gasteiger partial charge in [0, 0.05) is 55.3 Å². The highest BCUT2D eigenvalue weighted by molar-refractivity contribution is 6.31. The maximum Gasteiger partial charge on any atom is 0.321 e. The Morgan fingerprint density at radius 2 is 1.83 bits per heavy atom. The number of nitrogens with zero attached hydrogens (tertiary/aromatic N) is 6. The van der Waals surface area contributed by atoms with E-state index < -0.39 is 0 Å². The topological polar surface area (TPSA) is 79.2 Å². The van der Waals surface area contributed by atoms with Crippen molar-refractivity contribution >= 4 is 29.1 Å². The Bertz CT molecular complexity index is 1010. The SMILES string of the molecule is Cc1nc(N2CCN(C(=O)Nc3ccc(C)c(Cl)c3)CC2)cc(-n2cccn2)n1. The number of carbonyl (C=O) groups is 1. The summed E-state index contributed by atoms with van der Waals surface area (Å²) in [6.45, 7) is 6.39.